The minimum atomic E-state index is -0.741. The Morgan fingerprint density at radius 3 is 2.11 bits per heavy atom. The van der Waals surface area contributed by atoms with Gasteiger partial charge in [0.25, 0.3) is 5.97 Å². The predicted molar refractivity (Wildman–Crippen MR) is 31.7 cm³/mol. The molecule has 4 heteroatoms. The molecule has 0 spiro atoms. The van der Waals surface area contributed by atoms with E-state index in [2.05, 4.69) is 12.7 Å². The molecule has 2 radical (unpaired) electrons. The summed E-state index contributed by atoms with van der Waals surface area (Å²) < 4.78 is 3.81. The smallest absolute Gasteiger partial charge is 0.378 e. The molecule has 0 heterocycles. The molecule has 0 bridgehead atoms. The second kappa shape index (κ2) is 3.27. The molecule has 0 aromatic carbocycles. The van der Waals surface area contributed by atoms with Gasteiger partial charge in [-0.25, -0.2) is 0 Å². The Hall–Kier alpha value is -0.795. The second-order valence-corrected chi connectivity index (χ2v) is 1.77. The highest BCUT2D eigenvalue weighted by molar-refractivity contribution is 6.09. The topological polar surface area (TPSA) is 43.4 Å². The van der Waals surface area contributed by atoms with Gasteiger partial charge < -0.3 is 4.65 Å². The SMILES string of the molecule is [B]OC(=O)C(C)C(C)=O. The Kier molecular flexibility index (Phi) is 2.98. The first kappa shape index (κ1) is 8.20. The lowest BCUT2D eigenvalue weighted by Crippen LogP contribution is -2.19. The van der Waals surface area contributed by atoms with Gasteiger partial charge in [0.2, 0.25) is 0 Å². The largest absolute Gasteiger partial charge is 0.543 e. The summed E-state index contributed by atoms with van der Waals surface area (Å²) in [5.74, 6) is -1.68. The number of Topliss-reactive ketones (excluding diaryl/α,β-unsaturated/α-hetero) is 1. The Bertz CT molecular complexity index is 132. The van der Waals surface area contributed by atoms with Crippen molar-refractivity contribution < 1.29 is 14.2 Å². The molecule has 0 aromatic rings. The maximum Gasteiger partial charge on any atom is 0.378 e. The van der Waals surface area contributed by atoms with Crippen molar-refractivity contribution in [2.24, 2.45) is 5.92 Å². The molecular formula is C5H7BO3. The fourth-order valence-corrected chi connectivity index (χ4v) is 0.268. The summed E-state index contributed by atoms with van der Waals surface area (Å²) in [6.45, 7) is 2.75. The van der Waals surface area contributed by atoms with E-state index in [1.54, 1.807) is 0 Å². The summed E-state index contributed by atoms with van der Waals surface area (Å²) in [4.78, 5) is 20.8. The molecule has 0 aliphatic carbocycles. The van der Waals surface area contributed by atoms with E-state index in [0.29, 0.717) is 0 Å². The van der Waals surface area contributed by atoms with Crippen molar-refractivity contribution in [2.45, 2.75) is 13.8 Å². The summed E-state index contributed by atoms with van der Waals surface area (Å²) in [6.07, 6.45) is 0. The molecule has 0 aliphatic rings. The maximum atomic E-state index is 10.4. The molecule has 0 amide bonds. The molecule has 1 atom stereocenters. The van der Waals surface area contributed by atoms with Gasteiger partial charge in [0.1, 0.15) is 11.7 Å². The number of hydrogen-bond donors (Lipinski definition) is 0. The summed E-state index contributed by atoms with van der Waals surface area (Å²) in [5.41, 5.74) is 0. The zero-order valence-corrected chi connectivity index (χ0v) is 5.38. The van der Waals surface area contributed by atoms with E-state index in [4.69, 9.17) is 0 Å². The number of rotatable bonds is 2. The van der Waals surface area contributed by atoms with Gasteiger partial charge in [0.15, 0.2) is 0 Å². The highest BCUT2D eigenvalue weighted by Gasteiger charge is 2.16. The lowest BCUT2D eigenvalue weighted by atomic mass is 10.1. The highest BCUT2D eigenvalue weighted by atomic mass is 16.5. The van der Waals surface area contributed by atoms with Crippen LogP contribution in [0.5, 0.6) is 0 Å². The van der Waals surface area contributed by atoms with Crippen LogP contribution in [0.15, 0.2) is 0 Å². The Morgan fingerprint density at radius 2 is 2.00 bits per heavy atom. The van der Waals surface area contributed by atoms with Gasteiger partial charge in [0, 0.05) is 0 Å². The van der Waals surface area contributed by atoms with Crippen molar-refractivity contribution in [1.82, 2.24) is 0 Å². The van der Waals surface area contributed by atoms with Crippen molar-refractivity contribution in [3.8, 4) is 0 Å². The molecule has 48 valence electrons. The molecule has 0 aromatic heterocycles. The third-order valence-electron chi connectivity index (χ3n) is 1.08. The normalized spacial score (nSPS) is 12.2. The van der Waals surface area contributed by atoms with E-state index < -0.39 is 11.9 Å². The quantitative estimate of drug-likeness (QED) is 0.381. The van der Waals surface area contributed by atoms with E-state index in [-0.39, 0.29) is 5.78 Å². The minimum Gasteiger partial charge on any atom is -0.543 e. The average molecular weight is 126 g/mol. The first-order valence-corrected chi connectivity index (χ1v) is 2.50. The van der Waals surface area contributed by atoms with Gasteiger partial charge in [-0.2, -0.15) is 0 Å². The van der Waals surface area contributed by atoms with Gasteiger partial charge in [-0.1, -0.05) is 0 Å². The van der Waals surface area contributed by atoms with Crippen LogP contribution in [0.25, 0.3) is 0 Å². The Balaban J connectivity index is 3.88. The molecule has 0 saturated carbocycles. The molecule has 3 nitrogen and oxygen atoms in total. The van der Waals surface area contributed by atoms with Crippen molar-refractivity contribution >= 4 is 19.8 Å². The van der Waals surface area contributed by atoms with Gasteiger partial charge in [-0.05, 0) is 13.8 Å². The summed E-state index contributed by atoms with van der Waals surface area (Å²) >= 11 is 0. The fourth-order valence-electron chi connectivity index (χ4n) is 0.268. The van der Waals surface area contributed by atoms with Crippen molar-refractivity contribution in [3.05, 3.63) is 0 Å². The van der Waals surface area contributed by atoms with Crippen LogP contribution >= 0.6 is 0 Å². The molecule has 0 N–H and O–H groups in total. The van der Waals surface area contributed by atoms with Crippen LogP contribution in [0.2, 0.25) is 0 Å². The van der Waals surface area contributed by atoms with Crippen LogP contribution in [0.3, 0.4) is 0 Å². The van der Waals surface area contributed by atoms with Crippen LogP contribution in [-0.2, 0) is 14.2 Å². The van der Waals surface area contributed by atoms with E-state index >= 15 is 0 Å². The molecule has 9 heavy (non-hydrogen) atoms. The third-order valence-corrected chi connectivity index (χ3v) is 1.08. The standard InChI is InChI=1S/C5H7BO3/c1-3(4(2)7)5(8)9-6/h3H,1-2H3. The van der Waals surface area contributed by atoms with Crippen molar-refractivity contribution in [3.63, 3.8) is 0 Å². The average Bonchev–Trinajstić information content (AvgIpc) is 1.84. The number of carbonyl (C=O) groups is 2. The van der Waals surface area contributed by atoms with E-state index in [1.807, 2.05) is 0 Å². The van der Waals surface area contributed by atoms with E-state index in [1.165, 1.54) is 13.8 Å². The zero-order valence-electron chi connectivity index (χ0n) is 5.38. The van der Waals surface area contributed by atoms with E-state index in [9.17, 15) is 9.59 Å². The van der Waals surface area contributed by atoms with Crippen LogP contribution < -0.4 is 0 Å². The Morgan fingerprint density at radius 1 is 1.56 bits per heavy atom. The molecular weight excluding hydrogens is 119 g/mol. The van der Waals surface area contributed by atoms with Gasteiger partial charge in [0.05, 0.1) is 0 Å². The summed E-state index contributed by atoms with van der Waals surface area (Å²) in [5, 5.41) is 0. The molecule has 0 aliphatic heterocycles. The summed E-state index contributed by atoms with van der Waals surface area (Å²) in [6, 6.07) is 0. The van der Waals surface area contributed by atoms with Gasteiger partial charge in [-0.15, -0.1) is 0 Å². The zero-order chi connectivity index (χ0) is 7.44. The minimum absolute atomic E-state index is 0.245. The Labute approximate surface area is 54.8 Å². The fraction of sp³-hybridized carbons (Fsp3) is 0.600. The van der Waals surface area contributed by atoms with Crippen LogP contribution in [0.4, 0.5) is 0 Å². The molecule has 0 fully saturated rings. The summed E-state index contributed by atoms with van der Waals surface area (Å²) in [7, 11) is 4.51. The number of hydrogen-bond acceptors (Lipinski definition) is 3. The third kappa shape index (κ3) is 2.30. The molecule has 0 saturated heterocycles. The highest BCUT2D eigenvalue weighted by Crippen LogP contribution is 1.97. The lowest BCUT2D eigenvalue weighted by Gasteiger charge is -2.02. The van der Waals surface area contributed by atoms with Crippen LogP contribution in [-0.4, -0.2) is 19.8 Å². The molecule has 1 unspecified atom stereocenters. The first-order valence-electron chi connectivity index (χ1n) is 2.50. The maximum absolute atomic E-state index is 10.4. The van der Waals surface area contributed by atoms with Crippen LogP contribution in [0.1, 0.15) is 13.8 Å². The van der Waals surface area contributed by atoms with E-state index in [0.717, 1.165) is 0 Å². The monoisotopic (exact) mass is 126 g/mol. The van der Waals surface area contributed by atoms with Crippen molar-refractivity contribution in [2.75, 3.05) is 0 Å². The molecule has 0 rings (SSSR count). The lowest BCUT2D eigenvalue weighted by molar-refractivity contribution is -0.142. The first-order chi connectivity index (χ1) is 4.09. The van der Waals surface area contributed by atoms with Crippen LogP contribution in [0, 0.1) is 5.92 Å². The number of ketones is 1. The second-order valence-electron chi connectivity index (χ2n) is 1.77. The van der Waals surface area contributed by atoms with Gasteiger partial charge in [-0.3, -0.25) is 9.59 Å². The van der Waals surface area contributed by atoms with Gasteiger partial charge >= 0.3 is 8.05 Å². The number of carbonyl (C=O) groups excluding carboxylic acids is 2. The van der Waals surface area contributed by atoms with Crippen molar-refractivity contribution in [1.29, 1.82) is 0 Å². The predicted octanol–water partition coefficient (Wildman–Crippen LogP) is -0.162.